The Balaban J connectivity index is 2.33. The summed E-state index contributed by atoms with van der Waals surface area (Å²) in [5.41, 5.74) is 6.87. The molecule has 0 fully saturated rings. The molecule has 0 amide bonds. The minimum Gasteiger partial charge on any atom is -0.0985 e. The van der Waals surface area contributed by atoms with Gasteiger partial charge in [-0.2, -0.15) is 0 Å². The van der Waals surface area contributed by atoms with E-state index in [-0.39, 0.29) is 0 Å². The Morgan fingerprint density at radius 2 is 1.74 bits per heavy atom. The summed E-state index contributed by atoms with van der Waals surface area (Å²) >= 11 is 0. The Bertz CT molecular complexity index is 564. The lowest BCUT2D eigenvalue weighted by atomic mass is 9.87. The molecular formula is C19H22. The van der Waals surface area contributed by atoms with Crippen LogP contribution in [0.25, 0.3) is 6.08 Å². The van der Waals surface area contributed by atoms with Crippen LogP contribution in [0.15, 0.2) is 49.0 Å². The van der Waals surface area contributed by atoms with E-state index in [4.69, 9.17) is 0 Å². The van der Waals surface area contributed by atoms with E-state index in [0.717, 1.165) is 6.42 Å². The fraction of sp³-hybridized carbons (Fsp3) is 0.263. The third kappa shape index (κ3) is 2.96. The third-order valence-electron chi connectivity index (χ3n) is 4.00. The molecule has 0 radical (unpaired) electrons. The predicted molar refractivity (Wildman–Crippen MR) is 84.6 cm³/mol. The highest BCUT2D eigenvalue weighted by Crippen LogP contribution is 2.26. The minimum atomic E-state index is 0.528. The van der Waals surface area contributed by atoms with Crippen molar-refractivity contribution in [2.24, 2.45) is 0 Å². The Hall–Kier alpha value is -1.82. The van der Waals surface area contributed by atoms with Gasteiger partial charge in [-0.05, 0) is 54.0 Å². The van der Waals surface area contributed by atoms with Crippen LogP contribution in [-0.4, -0.2) is 0 Å². The van der Waals surface area contributed by atoms with Gasteiger partial charge >= 0.3 is 0 Å². The maximum Gasteiger partial charge on any atom is -0.0150 e. The van der Waals surface area contributed by atoms with Crippen molar-refractivity contribution in [1.82, 2.24) is 0 Å². The van der Waals surface area contributed by atoms with Crippen molar-refractivity contribution in [3.05, 3.63) is 76.9 Å². The molecular weight excluding hydrogens is 228 g/mol. The molecule has 0 saturated heterocycles. The van der Waals surface area contributed by atoms with Crippen LogP contribution < -0.4 is 0 Å². The van der Waals surface area contributed by atoms with Gasteiger partial charge < -0.3 is 0 Å². The van der Waals surface area contributed by atoms with Crippen molar-refractivity contribution in [3.63, 3.8) is 0 Å². The predicted octanol–water partition coefficient (Wildman–Crippen LogP) is 5.29. The molecule has 0 N–H and O–H groups in total. The lowest BCUT2D eigenvalue weighted by Crippen LogP contribution is -2.03. The van der Waals surface area contributed by atoms with E-state index in [0.29, 0.717) is 5.92 Å². The molecule has 2 aromatic rings. The Morgan fingerprint density at radius 1 is 1.05 bits per heavy atom. The highest BCUT2D eigenvalue weighted by molar-refractivity contribution is 5.56. The molecule has 19 heavy (non-hydrogen) atoms. The molecule has 0 aliphatic rings. The fourth-order valence-corrected chi connectivity index (χ4v) is 2.56. The molecule has 0 saturated carbocycles. The Morgan fingerprint density at radius 3 is 2.37 bits per heavy atom. The maximum atomic E-state index is 3.94. The van der Waals surface area contributed by atoms with Crippen molar-refractivity contribution in [2.45, 2.75) is 33.1 Å². The summed E-state index contributed by atoms with van der Waals surface area (Å²) in [5, 5.41) is 0. The highest BCUT2D eigenvalue weighted by atomic mass is 14.2. The number of aryl methyl sites for hydroxylation is 1. The average molecular weight is 250 g/mol. The second-order valence-electron chi connectivity index (χ2n) is 5.30. The van der Waals surface area contributed by atoms with E-state index in [1.165, 1.54) is 27.8 Å². The average Bonchev–Trinajstić information content (AvgIpc) is 2.45. The number of hydrogen-bond donors (Lipinski definition) is 0. The summed E-state index contributed by atoms with van der Waals surface area (Å²) in [6.45, 7) is 10.6. The zero-order valence-electron chi connectivity index (χ0n) is 12.1. The molecule has 0 aliphatic heterocycles. The van der Waals surface area contributed by atoms with Gasteiger partial charge in [-0.3, -0.25) is 0 Å². The van der Waals surface area contributed by atoms with Crippen LogP contribution in [0.1, 0.15) is 40.7 Å². The van der Waals surface area contributed by atoms with Crippen LogP contribution in [0.2, 0.25) is 0 Å². The first-order valence-electron chi connectivity index (χ1n) is 6.90. The van der Waals surface area contributed by atoms with Gasteiger partial charge in [0.1, 0.15) is 0 Å². The zero-order valence-corrected chi connectivity index (χ0v) is 12.1. The van der Waals surface area contributed by atoms with Crippen molar-refractivity contribution in [1.29, 1.82) is 0 Å². The topological polar surface area (TPSA) is 0 Å². The third-order valence-corrected chi connectivity index (χ3v) is 4.00. The van der Waals surface area contributed by atoms with Crippen molar-refractivity contribution < 1.29 is 0 Å². The van der Waals surface area contributed by atoms with Crippen molar-refractivity contribution in [3.8, 4) is 0 Å². The molecule has 1 atom stereocenters. The number of rotatable bonds is 4. The maximum absolute atomic E-state index is 3.94. The molecule has 0 aliphatic carbocycles. The van der Waals surface area contributed by atoms with E-state index in [9.17, 15) is 0 Å². The second kappa shape index (κ2) is 5.88. The van der Waals surface area contributed by atoms with Crippen LogP contribution in [0, 0.1) is 13.8 Å². The van der Waals surface area contributed by atoms with E-state index in [1.807, 2.05) is 6.08 Å². The summed E-state index contributed by atoms with van der Waals surface area (Å²) in [4.78, 5) is 0. The smallest absolute Gasteiger partial charge is 0.0150 e. The van der Waals surface area contributed by atoms with Gasteiger partial charge in [0.2, 0.25) is 0 Å². The highest BCUT2D eigenvalue weighted by Gasteiger charge is 2.11. The Labute approximate surface area is 116 Å². The largest absolute Gasteiger partial charge is 0.0985 e. The molecule has 2 rings (SSSR count). The van der Waals surface area contributed by atoms with E-state index < -0.39 is 0 Å². The van der Waals surface area contributed by atoms with Gasteiger partial charge in [0, 0.05) is 0 Å². The molecule has 0 heterocycles. The van der Waals surface area contributed by atoms with Crippen LogP contribution in [0.5, 0.6) is 0 Å². The molecule has 0 bridgehead atoms. The van der Waals surface area contributed by atoms with Gasteiger partial charge in [-0.15, -0.1) is 0 Å². The summed E-state index contributed by atoms with van der Waals surface area (Å²) < 4.78 is 0. The zero-order chi connectivity index (χ0) is 13.8. The number of hydrogen-bond acceptors (Lipinski definition) is 0. The van der Waals surface area contributed by atoms with Crippen LogP contribution in [0.4, 0.5) is 0 Å². The molecule has 98 valence electrons. The van der Waals surface area contributed by atoms with Crippen LogP contribution in [0.3, 0.4) is 0 Å². The summed E-state index contributed by atoms with van der Waals surface area (Å²) in [5.74, 6) is 0.528. The normalized spacial score (nSPS) is 12.2. The van der Waals surface area contributed by atoms with Gasteiger partial charge in [0.15, 0.2) is 0 Å². The molecule has 0 spiro atoms. The number of benzene rings is 2. The molecule has 1 unspecified atom stereocenters. The quantitative estimate of drug-likeness (QED) is 0.691. The first-order chi connectivity index (χ1) is 9.13. The molecule has 0 nitrogen and oxygen atoms in total. The van der Waals surface area contributed by atoms with Crippen LogP contribution >= 0.6 is 0 Å². The monoisotopic (exact) mass is 250 g/mol. The lowest BCUT2D eigenvalue weighted by Gasteiger charge is -2.17. The van der Waals surface area contributed by atoms with E-state index in [1.54, 1.807) is 0 Å². The standard InChI is InChI=1S/C19H22/c1-5-17-12-11-14(2)16(4)19(17)13-15(3)18-9-7-6-8-10-18/h5-12,15H,1,13H2,2-4H3. The second-order valence-corrected chi connectivity index (χ2v) is 5.30. The first kappa shape index (κ1) is 13.6. The molecule has 2 aromatic carbocycles. The SMILES string of the molecule is C=Cc1ccc(C)c(C)c1CC(C)c1ccccc1. The Kier molecular flexibility index (Phi) is 4.21. The molecule has 0 heteroatoms. The van der Waals surface area contributed by atoms with E-state index in [2.05, 4.69) is 69.8 Å². The van der Waals surface area contributed by atoms with Gasteiger partial charge in [-0.1, -0.05) is 62.0 Å². The fourth-order valence-electron chi connectivity index (χ4n) is 2.56. The van der Waals surface area contributed by atoms with Crippen molar-refractivity contribution in [2.75, 3.05) is 0 Å². The van der Waals surface area contributed by atoms with Gasteiger partial charge in [-0.25, -0.2) is 0 Å². The van der Waals surface area contributed by atoms with Gasteiger partial charge in [0.25, 0.3) is 0 Å². The van der Waals surface area contributed by atoms with Gasteiger partial charge in [0.05, 0.1) is 0 Å². The van der Waals surface area contributed by atoms with Crippen LogP contribution in [-0.2, 0) is 6.42 Å². The first-order valence-corrected chi connectivity index (χ1v) is 6.90. The lowest BCUT2D eigenvalue weighted by molar-refractivity contribution is 0.753. The summed E-state index contributed by atoms with van der Waals surface area (Å²) in [6, 6.07) is 15.1. The van der Waals surface area contributed by atoms with Crippen molar-refractivity contribution >= 4 is 6.08 Å². The summed E-state index contributed by atoms with van der Waals surface area (Å²) in [7, 11) is 0. The van der Waals surface area contributed by atoms with E-state index >= 15 is 0 Å². The summed E-state index contributed by atoms with van der Waals surface area (Å²) in [6.07, 6.45) is 3.04. The minimum absolute atomic E-state index is 0.528. The molecule has 0 aromatic heterocycles.